The molecule has 0 saturated heterocycles. The molecule has 0 amide bonds. The number of hydrogen-bond acceptors (Lipinski definition) is 4. The van der Waals surface area contributed by atoms with Crippen LogP contribution in [0.15, 0.2) is 30.3 Å². The van der Waals surface area contributed by atoms with Gasteiger partial charge in [0.1, 0.15) is 6.10 Å². The second-order valence-electron chi connectivity index (χ2n) is 4.94. The van der Waals surface area contributed by atoms with Gasteiger partial charge in [-0.2, -0.15) is 26.9 Å². The van der Waals surface area contributed by atoms with E-state index in [-0.39, 0.29) is 12.0 Å². The molecule has 0 bridgehead atoms. The van der Waals surface area contributed by atoms with Gasteiger partial charge in [0, 0.05) is 6.42 Å². The van der Waals surface area contributed by atoms with Crippen molar-refractivity contribution in [2.45, 2.75) is 25.8 Å². The summed E-state index contributed by atoms with van der Waals surface area (Å²) in [5, 5.41) is 8.96. The first-order valence-electron chi connectivity index (χ1n) is 5.82. The van der Waals surface area contributed by atoms with Crippen LogP contribution in [0.2, 0.25) is 0 Å². The molecule has 1 rings (SSSR count). The van der Waals surface area contributed by atoms with Crippen LogP contribution in [0, 0.1) is 22.9 Å². The lowest BCUT2D eigenvalue weighted by Crippen LogP contribution is -2.29. The van der Waals surface area contributed by atoms with E-state index in [1.807, 2.05) is 6.07 Å². The van der Waals surface area contributed by atoms with E-state index in [9.17, 15) is 21.6 Å². The molecule has 0 unspecified atom stereocenters. The third-order valence-corrected chi connectivity index (χ3v) is 3.48. The van der Waals surface area contributed by atoms with Gasteiger partial charge in [0.15, 0.2) is 0 Å². The van der Waals surface area contributed by atoms with Gasteiger partial charge < -0.3 is 0 Å². The summed E-state index contributed by atoms with van der Waals surface area (Å²) in [6, 6.07) is 9.38. The number of rotatable bonds is 5. The van der Waals surface area contributed by atoms with Crippen molar-refractivity contribution in [2.75, 3.05) is 0 Å². The molecule has 0 heterocycles. The average Bonchev–Trinajstić information content (AvgIpc) is 2.37. The molecule has 21 heavy (non-hydrogen) atoms. The maximum Gasteiger partial charge on any atom is 0.523 e. The SMILES string of the molecule is CC(C)(C#N)C[C](OS(=O)(=O)C(F)(F)F)c1ccccc1. The zero-order chi connectivity index (χ0) is 16.3. The zero-order valence-corrected chi connectivity index (χ0v) is 12.1. The van der Waals surface area contributed by atoms with Gasteiger partial charge in [-0.25, -0.2) is 4.18 Å². The van der Waals surface area contributed by atoms with Gasteiger partial charge in [-0.15, -0.1) is 0 Å². The summed E-state index contributed by atoms with van der Waals surface area (Å²) in [4.78, 5) is 0. The number of hydrogen-bond donors (Lipinski definition) is 0. The second-order valence-corrected chi connectivity index (χ2v) is 6.48. The number of nitriles is 1. The van der Waals surface area contributed by atoms with E-state index in [1.54, 1.807) is 6.07 Å². The molecule has 8 heteroatoms. The predicted molar refractivity (Wildman–Crippen MR) is 68.9 cm³/mol. The summed E-state index contributed by atoms with van der Waals surface area (Å²) in [6.07, 6.45) is -0.692. The van der Waals surface area contributed by atoms with Crippen LogP contribution in [0.3, 0.4) is 0 Å². The zero-order valence-electron chi connectivity index (χ0n) is 11.3. The van der Waals surface area contributed by atoms with Crippen molar-refractivity contribution in [2.24, 2.45) is 5.41 Å². The fourth-order valence-electron chi connectivity index (χ4n) is 1.42. The van der Waals surface area contributed by atoms with E-state index < -0.39 is 27.1 Å². The molecule has 4 nitrogen and oxygen atoms in total. The molecule has 0 aliphatic heterocycles. The van der Waals surface area contributed by atoms with Crippen LogP contribution in [0.25, 0.3) is 0 Å². The molecular formula is C13H13F3NO3S. The Morgan fingerprint density at radius 2 is 1.76 bits per heavy atom. The quantitative estimate of drug-likeness (QED) is 0.616. The third kappa shape index (κ3) is 4.72. The first-order chi connectivity index (χ1) is 9.48. The van der Waals surface area contributed by atoms with Gasteiger partial charge in [-0.05, 0) is 19.4 Å². The number of benzene rings is 1. The van der Waals surface area contributed by atoms with E-state index in [1.165, 1.54) is 38.1 Å². The Morgan fingerprint density at radius 3 is 2.19 bits per heavy atom. The molecule has 0 aliphatic rings. The Balaban J connectivity index is 3.14. The maximum absolute atomic E-state index is 12.4. The monoisotopic (exact) mass is 320 g/mol. The molecule has 1 radical (unpaired) electrons. The van der Waals surface area contributed by atoms with Crippen LogP contribution in [0.1, 0.15) is 25.8 Å². The van der Waals surface area contributed by atoms with Crippen LogP contribution in [-0.2, 0) is 14.3 Å². The largest absolute Gasteiger partial charge is 0.523 e. The van der Waals surface area contributed by atoms with E-state index in [4.69, 9.17) is 5.26 Å². The number of nitrogens with zero attached hydrogens (tertiary/aromatic N) is 1. The lowest BCUT2D eigenvalue weighted by Gasteiger charge is -2.23. The van der Waals surface area contributed by atoms with Crippen molar-refractivity contribution >= 4 is 10.1 Å². The van der Waals surface area contributed by atoms with E-state index in [2.05, 4.69) is 4.18 Å². The minimum absolute atomic E-state index is 0.175. The minimum Gasteiger partial charge on any atom is -0.248 e. The van der Waals surface area contributed by atoms with E-state index in [0.29, 0.717) is 0 Å². The number of alkyl halides is 3. The molecule has 0 fully saturated rings. The van der Waals surface area contributed by atoms with Gasteiger partial charge >= 0.3 is 15.6 Å². The molecule has 0 N–H and O–H groups in total. The van der Waals surface area contributed by atoms with Gasteiger partial charge in [-0.1, -0.05) is 30.3 Å². The van der Waals surface area contributed by atoms with Gasteiger partial charge in [0.2, 0.25) is 0 Å². The summed E-state index contributed by atoms with van der Waals surface area (Å²) in [6.45, 7) is 2.94. The Hall–Kier alpha value is -1.59. The Labute approximate surface area is 121 Å². The number of halogens is 3. The molecule has 0 aliphatic carbocycles. The highest BCUT2D eigenvalue weighted by Crippen LogP contribution is 2.36. The molecule has 0 aromatic heterocycles. The highest BCUT2D eigenvalue weighted by atomic mass is 32.2. The molecule has 0 saturated carbocycles. The van der Waals surface area contributed by atoms with Crippen molar-refractivity contribution in [1.82, 2.24) is 0 Å². The van der Waals surface area contributed by atoms with E-state index >= 15 is 0 Å². The van der Waals surface area contributed by atoms with Crippen LogP contribution in [0.5, 0.6) is 0 Å². The fraction of sp³-hybridized carbons (Fsp3) is 0.385. The summed E-state index contributed by atoms with van der Waals surface area (Å²) >= 11 is 0. The average molecular weight is 320 g/mol. The van der Waals surface area contributed by atoms with E-state index in [0.717, 1.165) is 0 Å². The van der Waals surface area contributed by atoms with Crippen molar-refractivity contribution < 1.29 is 25.8 Å². The Kier molecular flexibility index (Phi) is 5.02. The third-order valence-electron chi connectivity index (χ3n) is 2.49. The van der Waals surface area contributed by atoms with Crippen molar-refractivity contribution in [3.63, 3.8) is 0 Å². The Bertz CT molecular complexity index is 618. The van der Waals surface area contributed by atoms with Gasteiger partial charge in [0.25, 0.3) is 0 Å². The molecule has 1 aromatic rings. The summed E-state index contributed by atoms with van der Waals surface area (Å²) in [7, 11) is -5.77. The van der Waals surface area contributed by atoms with Crippen molar-refractivity contribution in [3.8, 4) is 6.07 Å². The van der Waals surface area contributed by atoms with Crippen LogP contribution in [0.4, 0.5) is 13.2 Å². The minimum atomic E-state index is -5.77. The lowest BCUT2D eigenvalue weighted by molar-refractivity contribution is -0.0538. The highest BCUT2D eigenvalue weighted by Gasteiger charge is 2.49. The fourth-order valence-corrected chi connectivity index (χ4v) is 1.94. The first kappa shape index (κ1) is 17.5. The van der Waals surface area contributed by atoms with Crippen molar-refractivity contribution in [1.29, 1.82) is 5.26 Å². The molecule has 0 atom stereocenters. The van der Waals surface area contributed by atoms with Crippen LogP contribution in [-0.4, -0.2) is 13.9 Å². The van der Waals surface area contributed by atoms with Gasteiger partial charge in [-0.3, -0.25) is 0 Å². The summed E-state index contributed by atoms with van der Waals surface area (Å²) in [5.74, 6) is 0. The lowest BCUT2D eigenvalue weighted by atomic mass is 9.86. The normalized spacial score (nSPS) is 13.2. The van der Waals surface area contributed by atoms with Crippen LogP contribution >= 0.6 is 0 Å². The predicted octanol–water partition coefficient (Wildman–Crippen LogP) is 3.37. The first-order valence-corrected chi connectivity index (χ1v) is 7.22. The summed E-state index contributed by atoms with van der Waals surface area (Å²) < 4.78 is 63.9. The summed E-state index contributed by atoms with van der Waals surface area (Å²) in [5.41, 5.74) is -6.43. The highest BCUT2D eigenvalue weighted by molar-refractivity contribution is 7.87. The topological polar surface area (TPSA) is 67.2 Å². The standard InChI is InChI=1S/C13H13F3NO3S/c1-12(2,9-17)8-11(10-6-4-3-5-7-10)20-21(18,19)13(14,15)16/h3-7H,8H2,1-2H3. The molecular weight excluding hydrogens is 307 g/mol. The Morgan fingerprint density at radius 1 is 1.24 bits per heavy atom. The molecule has 1 aromatic carbocycles. The maximum atomic E-state index is 12.4. The molecule has 115 valence electrons. The van der Waals surface area contributed by atoms with Gasteiger partial charge in [0.05, 0.1) is 11.5 Å². The second kappa shape index (κ2) is 6.03. The smallest absolute Gasteiger partial charge is 0.248 e. The van der Waals surface area contributed by atoms with Crippen molar-refractivity contribution in [3.05, 3.63) is 42.0 Å². The van der Waals surface area contributed by atoms with Crippen LogP contribution < -0.4 is 0 Å². The molecule has 0 spiro atoms.